The van der Waals surface area contributed by atoms with Crippen LogP contribution in [0.2, 0.25) is 10.0 Å². The largest absolute Gasteiger partial charge is 0.344 e. The maximum atomic E-state index is 12.9. The summed E-state index contributed by atoms with van der Waals surface area (Å²) in [5.74, 6) is -0.714. The summed E-state index contributed by atoms with van der Waals surface area (Å²) in [5, 5.41) is 6.39. The molecule has 4 nitrogen and oxygen atoms in total. The lowest BCUT2D eigenvalue weighted by Gasteiger charge is -2.21. The van der Waals surface area contributed by atoms with E-state index >= 15 is 0 Å². The predicted octanol–water partition coefficient (Wildman–Crippen LogP) is 5.37. The number of carbonyl (C=O) groups excluding carboxylic acids is 2. The molecule has 1 unspecified atom stereocenters. The molecule has 0 aliphatic heterocycles. The molecule has 2 N–H and O–H groups in total. The van der Waals surface area contributed by atoms with Gasteiger partial charge >= 0.3 is 0 Å². The molecule has 28 heavy (non-hydrogen) atoms. The highest BCUT2D eigenvalue weighted by molar-refractivity contribution is 6.37. The molecule has 0 saturated carbocycles. The zero-order chi connectivity index (χ0) is 20.9. The van der Waals surface area contributed by atoms with Crippen molar-refractivity contribution in [3.63, 3.8) is 0 Å². The van der Waals surface area contributed by atoms with E-state index in [4.69, 9.17) is 23.2 Å². The lowest BCUT2D eigenvalue weighted by molar-refractivity contribution is -0.129. The zero-order valence-corrected chi connectivity index (χ0v) is 17.9. The first-order chi connectivity index (χ1) is 13.1. The molecule has 2 rings (SSSR count). The summed E-state index contributed by atoms with van der Waals surface area (Å²) in [4.78, 5) is 25.4. The first kappa shape index (κ1) is 22.0. The number of hydrogen-bond donors (Lipinski definition) is 2. The summed E-state index contributed by atoms with van der Waals surface area (Å²) < 4.78 is 0. The van der Waals surface area contributed by atoms with Gasteiger partial charge < -0.3 is 10.6 Å². The van der Waals surface area contributed by atoms with Crippen LogP contribution in [-0.2, 0) is 9.59 Å². The smallest absolute Gasteiger partial charge is 0.268 e. The molecule has 0 bridgehead atoms. The van der Waals surface area contributed by atoms with Crippen molar-refractivity contribution in [1.29, 1.82) is 0 Å². The molecule has 2 aromatic carbocycles. The maximum Gasteiger partial charge on any atom is 0.268 e. The van der Waals surface area contributed by atoms with Crippen LogP contribution in [-0.4, -0.2) is 11.8 Å². The number of carbonyl (C=O) groups is 2. The fraction of sp³-hybridized carbons (Fsp3) is 0.273. The monoisotopic (exact) mass is 418 g/mol. The Morgan fingerprint density at radius 2 is 1.54 bits per heavy atom. The quantitative estimate of drug-likeness (QED) is 0.640. The van der Waals surface area contributed by atoms with Gasteiger partial charge in [0, 0.05) is 21.0 Å². The standard InChI is InChI=1S/C22H24Cl2N2O2/c1-14(15-9-6-5-7-10-15)25-20(27)19(26-21(28)22(2,3)4)13-16-17(23)11-8-12-18(16)24/h5-14H,1-4H3,(H,25,27)(H,26,28)/b19-13-. The molecule has 0 aromatic heterocycles. The second-order valence-corrected chi connectivity index (χ2v) is 8.32. The van der Waals surface area contributed by atoms with Crippen LogP contribution in [0.25, 0.3) is 6.08 Å². The van der Waals surface area contributed by atoms with Gasteiger partial charge in [-0.1, -0.05) is 80.4 Å². The van der Waals surface area contributed by atoms with Crippen molar-refractivity contribution >= 4 is 41.1 Å². The molecule has 148 valence electrons. The Morgan fingerprint density at radius 3 is 2.07 bits per heavy atom. The Balaban J connectivity index is 2.36. The summed E-state index contributed by atoms with van der Waals surface area (Å²) in [5.41, 5.74) is 0.831. The molecular weight excluding hydrogens is 395 g/mol. The minimum atomic E-state index is -0.672. The summed E-state index contributed by atoms with van der Waals surface area (Å²) in [7, 11) is 0. The highest BCUT2D eigenvalue weighted by atomic mass is 35.5. The van der Waals surface area contributed by atoms with E-state index in [9.17, 15) is 9.59 Å². The fourth-order valence-corrected chi connectivity index (χ4v) is 2.87. The average molecular weight is 419 g/mol. The molecule has 1 atom stereocenters. The molecule has 0 radical (unpaired) electrons. The van der Waals surface area contributed by atoms with Crippen LogP contribution in [0, 0.1) is 5.41 Å². The lowest BCUT2D eigenvalue weighted by atomic mass is 9.95. The minimum absolute atomic E-state index is 0.0812. The van der Waals surface area contributed by atoms with E-state index < -0.39 is 11.3 Å². The lowest BCUT2D eigenvalue weighted by Crippen LogP contribution is -2.40. The maximum absolute atomic E-state index is 12.9. The molecular formula is C22H24Cl2N2O2. The van der Waals surface area contributed by atoms with Crippen molar-refractivity contribution < 1.29 is 9.59 Å². The van der Waals surface area contributed by atoms with Crippen LogP contribution in [0.4, 0.5) is 0 Å². The number of hydrogen-bond acceptors (Lipinski definition) is 2. The molecule has 0 spiro atoms. The number of rotatable bonds is 5. The normalized spacial score (nSPS) is 13.0. The molecule has 0 aliphatic carbocycles. The van der Waals surface area contributed by atoms with E-state index in [-0.39, 0.29) is 17.6 Å². The van der Waals surface area contributed by atoms with Crippen molar-refractivity contribution in [3.8, 4) is 0 Å². The molecule has 6 heteroatoms. The van der Waals surface area contributed by atoms with Crippen LogP contribution in [0.3, 0.4) is 0 Å². The third kappa shape index (κ3) is 5.85. The Hall–Kier alpha value is -2.30. The van der Waals surface area contributed by atoms with Crippen LogP contribution in [0.1, 0.15) is 44.9 Å². The van der Waals surface area contributed by atoms with E-state index in [1.807, 2.05) is 37.3 Å². The summed E-state index contributed by atoms with van der Waals surface area (Å²) in [6, 6.07) is 14.4. The number of benzene rings is 2. The summed E-state index contributed by atoms with van der Waals surface area (Å²) in [6.07, 6.45) is 1.50. The summed E-state index contributed by atoms with van der Waals surface area (Å²) in [6.45, 7) is 7.19. The molecule has 0 heterocycles. The van der Waals surface area contributed by atoms with Crippen LogP contribution in [0.15, 0.2) is 54.2 Å². The topological polar surface area (TPSA) is 58.2 Å². The highest BCUT2D eigenvalue weighted by Gasteiger charge is 2.25. The first-order valence-corrected chi connectivity index (χ1v) is 9.68. The van der Waals surface area contributed by atoms with E-state index in [0.717, 1.165) is 5.56 Å². The van der Waals surface area contributed by atoms with Gasteiger partial charge in [-0.3, -0.25) is 9.59 Å². The van der Waals surface area contributed by atoms with Gasteiger partial charge in [0.05, 0.1) is 6.04 Å². The van der Waals surface area contributed by atoms with Crippen LogP contribution < -0.4 is 10.6 Å². The van der Waals surface area contributed by atoms with Gasteiger partial charge in [0.25, 0.3) is 5.91 Å². The van der Waals surface area contributed by atoms with Crippen molar-refractivity contribution in [2.24, 2.45) is 5.41 Å². The van der Waals surface area contributed by atoms with Crippen molar-refractivity contribution in [1.82, 2.24) is 10.6 Å². The van der Waals surface area contributed by atoms with E-state index in [1.54, 1.807) is 39.0 Å². The average Bonchev–Trinajstić information content (AvgIpc) is 2.63. The van der Waals surface area contributed by atoms with E-state index in [2.05, 4.69) is 10.6 Å². The Morgan fingerprint density at radius 1 is 0.964 bits per heavy atom. The number of halogens is 2. The second kappa shape index (κ2) is 9.26. The molecule has 0 aliphatic rings. The van der Waals surface area contributed by atoms with Crippen LogP contribution >= 0.6 is 23.2 Å². The molecule has 2 aromatic rings. The molecule has 2 amide bonds. The first-order valence-electron chi connectivity index (χ1n) is 8.92. The number of amides is 2. The van der Waals surface area contributed by atoms with E-state index in [1.165, 1.54) is 6.08 Å². The minimum Gasteiger partial charge on any atom is -0.344 e. The van der Waals surface area contributed by atoms with Gasteiger partial charge in [0.15, 0.2) is 0 Å². The molecule has 0 saturated heterocycles. The van der Waals surface area contributed by atoms with Gasteiger partial charge in [-0.05, 0) is 30.7 Å². The second-order valence-electron chi connectivity index (χ2n) is 7.50. The van der Waals surface area contributed by atoms with Gasteiger partial charge in [-0.25, -0.2) is 0 Å². The van der Waals surface area contributed by atoms with Gasteiger partial charge in [-0.2, -0.15) is 0 Å². The highest BCUT2D eigenvalue weighted by Crippen LogP contribution is 2.27. The number of nitrogens with one attached hydrogen (secondary N) is 2. The third-order valence-corrected chi connectivity index (χ3v) is 4.77. The van der Waals surface area contributed by atoms with E-state index in [0.29, 0.717) is 15.6 Å². The van der Waals surface area contributed by atoms with Crippen molar-refractivity contribution in [3.05, 3.63) is 75.4 Å². The Bertz CT molecular complexity index is 867. The summed E-state index contributed by atoms with van der Waals surface area (Å²) >= 11 is 12.5. The van der Waals surface area contributed by atoms with Crippen molar-refractivity contribution in [2.45, 2.75) is 33.7 Å². The predicted molar refractivity (Wildman–Crippen MR) is 115 cm³/mol. The van der Waals surface area contributed by atoms with Crippen molar-refractivity contribution in [2.75, 3.05) is 0 Å². The van der Waals surface area contributed by atoms with Gasteiger partial charge in [-0.15, -0.1) is 0 Å². The fourth-order valence-electron chi connectivity index (χ4n) is 2.36. The third-order valence-electron chi connectivity index (χ3n) is 4.11. The SMILES string of the molecule is CC(NC(=O)/C(=C/c1c(Cl)cccc1Cl)NC(=O)C(C)(C)C)c1ccccc1. The van der Waals surface area contributed by atoms with Gasteiger partial charge in [0.1, 0.15) is 5.70 Å². The van der Waals surface area contributed by atoms with Gasteiger partial charge in [0.2, 0.25) is 5.91 Å². The Labute approximate surface area is 175 Å². The zero-order valence-electron chi connectivity index (χ0n) is 16.3. The molecule has 0 fully saturated rings. The Kier molecular flexibility index (Phi) is 7.28. The van der Waals surface area contributed by atoms with Crippen LogP contribution in [0.5, 0.6) is 0 Å².